The Labute approximate surface area is 118 Å². The average molecular weight is 273 g/mol. The van der Waals surface area contributed by atoms with Crippen molar-refractivity contribution in [3.05, 3.63) is 35.4 Å². The molecule has 2 N–H and O–H groups in total. The summed E-state index contributed by atoms with van der Waals surface area (Å²) in [6.45, 7) is 6.07. The maximum atomic E-state index is 12.1. The van der Waals surface area contributed by atoms with Gasteiger partial charge in [0, 0.05) is 17.7 Å². The standard InChI is InChI=1S/C16H19NO3/c1-10-6-11(4-5-14(18)19)8-12(7-10)17-15(20)13-9-16(13,2)3/h4-8,13H,9H2,1-3H3,(H,17,20)(H,18,19)/b5-4+. The van der Waals surface area contributed by atoms with Gasteiger partial charge in [-0.15, -0.1) is 0 Å². The quantitative estimate of drug-likeness (QED) is 0.828. The minimum atomic E-state index is -0.989. The van der Waals surface area contributed by atoms with Crippen LogP contribution in [0.25, 0.3) is 6.08 Å². The lowest BCUT2D eigenvalue weighted by Gasteiger charge is -2.08. The molecule has 0 spiro atoms. The SMILES string of the molecule is Cc1cc(/C=C/C(=O)O)cc(NC(=O)C2CC2(C)C)c1. The van der Waals surface area contributed by atoms with Crippen LogP contribution in [0.1, 0.15) is 31.4 Å². The highest BCUT2D eigenvalue weighted by atomic mass is 16.4. The van der Waals surface area contributed by atoms with E-state index < -0.39 is 5.97 Å². The van der Waals surface area contributed by atoms with Crippen LogP contribution in [0.4, 0.5) is 5.69 Å². The number of aryl methyl sites for hydroxylation is 1. The van der Waals surface area contributed by atoms with Crippen molar-refractivity contribution in [1.29, 1.82) is 0 Å². The van der Waals surface area contributed by atoms with Gasteiger partial charge in [-0.25, -0.2) is 4.79 Å². The summed E-state index contributed by atoms with van der Waals surface area (Å²) in [4.78, 5) is 22.6. The third-order valence-corrected chi connectivity index (χ3v) is 3.62. The van der Waals surface area contributed by atoms with Crippen LogP contribution in [0.5, 0.6) is 0 Å². The van der Waals surface area contributed by atoms with Crippen molar-refractivity contribution in [2.45, 2.75) is 27.2 Å². The molecule has 106 valence electrons. The molecule has 0 heterocycles. The predicted molar refractivity (Wildman–Crippen MR) is 78.4 cm³/mol. The summed E-state index contributed by atoms with van der Waals surface area (Å²) in [5.41, 5.74) is 2.54. The number of amides is 1. The van der Waals surface area contributed by atoms with Crippen LogP contribution in [-0.4, -0.2) is 17.0 Å². The van der Waals surface area contributed by atoms with Gasteiger partial charge in [0.1, 0.15) is 0 Å². The van der Waals surface area contributed by atoms with Crippen molar-refractivity contribution < 1.29 is 14.7 Å². The van der Waals surface area contributed by atoms with E-state index in [0.29, 0.717) is 5.69 Å². The van der Waals surface area contributed by atoms with Crippen LogP contribution in [0.3, 0.4) is 0 Å². The number of carboxylic acid groups (broad SMARTS) is 1. The van der Waals surface area contributed by atoms with Crippen molar-refractivity contribution in [3.8, 4) is 0 Å². The van der Waals surface area contributed by atoms with E-state index in [-0.39, 0.29) is 17.2 Å². The lowest BCUT2D eigenvalue weighted by molar-refractivity contribution is -0.131. The molecule has 4 heteroatoms. The summed E-state index contributed by atoms with van der Waals surface area (Å²) in [7, 11) is 0. The summed E-state index contributed by atoms with van der Waals surface area (Å²) < 4.78 is 0. The lowest BCUT2D eigenvalue weighted by Crippen LogP contribution is -2.16. The number of anilines is 1. The average Bonchev–Trinajstić information content (AvgIpc) is 2.95. The molecule has 0 radical (unpaired) electrons. The van der Waals surface area contributed by atoms with Gasteiger partial charge < -0.3 is 10.4 Å². The second-order valence-electron chi connectivity index (χ2n) is 6.04. The van der Waals surface area contributed by atoms with E-state index in [1.165, 1.54) is 6.08 Å². The summed E-state index contributed by atoms with van der Waals surface area (Å²) in [6, 6.07) is 5.53. The molecular formula is C16H19NO3. The zero-order valence-electron chi connectivity index (χ0n) is 11.9. The van der Waals surface area contributed by atoms with Crippen LogP contribution in [0.2, 0.25) is 0 Å². The molecule has 2 rings (SSSR count). The monoisotopic (exact) mass is 273 g/mol. The number of carboxylic acids is 1. The molecule has 0 bridgehead atoms. The fourth-order valence-electron chi connectivity index (χ4n) is 2.29. The smallest absolute Gasteiger partial charge is 0.328 e. The van der Waals surface area contributed by atoms with E-state index >= 15 is 0 Å². The van der Waals surface area contributed by atoms with Crippen LogP contribution in [0.15, 0.2) is 24.3 Å². The molecule has 1 fully saturated rings. The highest BCUT2D eigenvalue weighted by Gasteiger charge is 2.50. The minimum Gasteiger partial charge on any atom is -0.478 e. The van der Waals surface area contributed by atoms with E-state index in [0.717, 1.165) is 23.6 Å². The molecule has 0 aromatic heterocycles. The topological polar surface area (TPSA) is 66.4 Å². The third-order valence-electron chi connectivity index (χ3n) is 3.62. The Morgan fingerprint density at radius 3 is 2.55 bits per heavy atom. The Hall–Kier alpha value is -2.10. The lowest BCUT2D eigenvalue weighted by atomic mass is 10.1. The molecule has 1 aliphatic carbocycles. The number of benzene rings is 1. The van der Waals surface area contributed by atoms with E-state index in [9.17, 15) is 9.59 Å². The zero-order chi connectivity index (χ0) is 14.9. The normalized spacial score (nSPS) is 19.9. The van der Waals surface area contributed by atoms with Gasteiger partial charge in [0.25, 0.3) is 0 Å². The van der Waals surface area contributed by atoms with Crippen molar-refractivity contribution in [2.24, 2.45) is 11.3 Å². The number of carbonyl (C=O) groups excluding carboxylic acids is 1. The second-order valence-corrected chi connectivity index (χ2v) is 6.04. The molecule has 0 aliphatic heterocycles. The summed E-state index contributed by atoms with van der Waals surface area (Å²) in [5.74, 6) is -0.883. The van der Waals surface area contributed by atoms with Gasteiger partial charge in [0.05, 0.1) is 0 Å². The van der Waals surface area contributed by atoms with E-state index in [1.54, 1.807) is 6.07 Å². The molecule has 1 aromatic carbocycles. The number of hydrogen-bond donors (Lipinski definition) is 2. The number of carbonyl (C=O) groups is 2. The molecule has 20 heavy (non-hydrogen) atoms. The van der Waals surface area contributed by atoms with Crippen molar-refractivity contribution in [2.75, 3.05) is 5.32 Å². The minimum absolute atomic E-state index is 0.0359. The Morgan fingerprint density at radius 2 is 2.00 bits per heavy atom. The summed E-state index contributed by atoms with van der Waals surface area (Å²) >= 11 is 0. The van der Waals surface area contributed by atoms with Gasteiger partial charge in [0.15, 0.2) is 0 Å². The predicted octanol–water partition coefficient (Wildman–Crippen LogP) is 3.08. The zero-order valence-corrected chi connectivity index (χ0v) is 11.9. The van der Waals surface area contributed by atoms with Gasteiger partial charge in [-0.3, -0.25) is 4.79 Å². The first-order valence-electron chi connectivity index (χ1n) is 6.61. The van der Waals surface area contributed by atoms with Crippen molar-refractivity contribution >= 4 is 23.6 Å². The molecule has 0 saturated heterocycles. The Morgan fingerprint density at radius 1 is 1.35 bits per heavy atom. The van der Waals surface area contributed by atoms with Crippen LogP contribution < -0.4 is 5.32 Å². The molecule has 4 nitrogen and oxygen atoms in total. The Bertz CT molecular complexity index is 587. The molecule has 1 aliphatic rings. The van der Waals surface area contributed by atoms with Gasteiger partial charge in [-0.05, 0) is 48.1 Å². The highest BCUT2D eigenvalue weighted by Crippen LogP contribution is 2.52. The first-order chi connectivity index (χ1) is 9.28. The van der Waals surface area contributed by atoms with Gasteiger partial charge in [-0.2, -0.15) is 0 Å². The van der Waals surface area contributed by atoms with Crippen LogP contribution >= 0.6 is 0 Å². The Kier molecular flexibility index (Phi) is 3.66. The molecule has 1 unspecified atom stereocenters. The largest absolute Gasteiger partial charge is 0.478 e. The van der Waals surface area contributed by atoms with E-state index in [4.69, 9.17) is 5.11 Å². The molecule has 1 amide bonds. The molecular weight excluding hydrogens is 254 g/mol. The number of nitrogens with one attached hydrogen (secondary N) is 1. The van der Waals surface area contributed by atoms with Crippen molar-refractivity contribution in [3.63, 3.8) is 0 Å². The third kappa shape index (κ3) is 3.47. The fourth-order valence-corrected chi connectivity index (χ4v) is 2.29. The van der Waals surface area contributed by atoms with Crippen molar-refractivity contribution in [1.82, 2.24) is 0 Å². The molecule has 1 atom stereocenters. The Balaban J connectivity index is 2.12. The van der Waals surface area contributed by atoms with Crippen LogP contribution in [0, 0.1) is 18.3 Å². The van der Waals surface area contributed by atoms with Gasteiger partial charge in [-0.1, -0.05) is 19.9 Å². The van der Waals surface area contributed by atoms with E-state index in [1.807, 2.05) is 19.1 Å². The fraction of sp³-hybridized carbons (Fsp3) is 0.375. The maximum absolute atomic E-state index is 12.1. The molecule has 1 saturated carbocycles. The summed E-state index contributed by atoms with van der Waals surface area (Å²) in [6.07, 6.45) is 3.52. The van der Waals surface area contributed by atoms with Crippen LogP contribution in [-0.2, 0) is 9.59 Å². The first kappa shape index (κ1) is 14.3. The van der Waals surface area contributed by atoms with E-state index in [2.05, 4.69) is 19.2 Å². The number of rotatable bonds is 4. The number of hydrogen-bond acceptors (Lipinski definition) is 2. The number of aliphatic carboxylic acids is 1. The van der Waals surface area contributed by atoms with Gasteiger partial charge >= 0.3 is 5.97 Å². The summed E-state index contributed by atoms with van der Waals surface area (Å²) in [5, 5.41) is 11.5. The highest BCUT2D eigenvalue weighted by molar-refractivity contribution is 5.95. The maximum Gasteiger partial charge on any atom is 0.328 e. The first-order valence-corrected chi connectivity index (χ1v) is 6.61. The van der Waals surface area contributed by atoms with Gasteiger partial charge in [0.2, 0.25) is 5.91 Å². The molecule has 1 aromatic rings. The second kappa shape index (κ2) is 5.12.